The summed E-state index contributed by atoms with van der Waals surface area (Å²) in [6.07, 6.45) is 0. The molecule has 0 aliphatic carbocycles. The zero-order chi connectivity index (χ0) is 17.6. The third-order valence-electron chi connectivity index (χ3n) is 3.76. The van der Waals surface area contributed by atoms with Gasteiger partial charge in [-0.25, -0.2) is 17.7 Å². The van der Waals surface area contributed by atoms with Gasteiger partial charge < -0.3 is 0 Å². The minimum Gasteiger partial charge on any atom is -0.235 e. The Labute approximate surface area is 145 Å². The lowest BCUT2D eigenvalue weighted by atomic mass is 10.2. The van der Waals surface area contributed by atoms with E-state index in [2.05, 4.69) is 15.1 Å². The minimum atomic E-state index is -3.76. The molecule has 126 valence electrons. The van der Waals surface area contributed by atoms with Gasteiger partial charge in [-0.05, 0) is 32.9 Å². The van der Waals surface area contributed by atoms with Crippen molar-refractivity contribution in [2.45, 2.75) is 25.7 Å². The molecule has 9 heteroatoms. The first kappa shape index (κ1) is 16.7. The third-order valence-corrected chi connectivity index (χ3v) is 6.06. The maximum atomic E-state index is 12.7. The molecule has 7 nitrogen and oxygen atoms in total. The van der Waals surface area contributed by atoms with Crippen LogP contribution in [0.15, 0.2) is 29.2 Å². The average Bonchev–Trinajstić information content (AvgIpc) is 2.96. The molecule has 2 heterocycles. The van der Waals surface area contributed by atoms with Crippen molar-refractivity contribution in [3.05, 3.63) is 46.2 Å². The molecule has 1 aromatic carbocycles. The van der Waals surface area contributed by atoms with Crippen LogP contribution in [0.1, 0.15) is 17.0 Å². The van der Waals surface area contributed by atoms with Crippen molar-refractivity contribution in [2.75, 3.05) is 11.4 Å². The van der Waals surface area contributed by atoms with Gasteiger partial charge in [0.15, 0.2) is 0 Å². The van der Waals surface area contributed by atoms with E-state index >= 15 is 0 Å². The van der Waals surface area contributed by atoms with Crippen molar-refractivity contribution >= 4 is 33.4 Å². The lowest BCUT2D eigenvalue weighted by Crippen LogP contribution is -2.27. The highest BCUT2D eigenvalue weighted by Crippen LogP contribution is 2.23. The Morgan fingerprint density at radius 3 is 2.33 bits per heavy atom. The molecule has 2 aromatic heterocycles. The summed E-state index contributed by atoms with van der Waals surface area (Å²) in [4.78, 5) is 8.63. The van der Waals surface area contributed by atoms with E-state index in [1.54, 1.807) is 38.1 Å². The predicted octanol–water partition coefficient (Wildman–Crippen LogP) is 2.53. The summed E-state index contributed by atoms with van der Waals surface area (Å²) in [6.45, 7) is 5.43. The highest BCUT2D eigenvalue weighted by molar-refractivity contribution is 7.92. The molecule has 0 unspecified atom stereocenters. The van der Waals surface area contributed by atoms with Gasteiger partial charge in [0.1, 0.15) is 0 Å². The number of hydrogen-bond donors (Lipinski definition) is 0. The van der Waals surface area contributed by atoms with Crippen molar-refractivity contribution in [2.24, 2.45) is 0 Å². The summed E-state index contributed by atoms with van der Waals surface area (Å²) >= 11 is 6.16. The highest BCUT2D eigenvalue weighted by Gasteiger charge is 2.25. The molecule has 0 N–H and O–H groups in total. The van der Waals surface area contributed by atoms with E-state index in [1.165, 1.54) is 11.6 Å². The van der Waals surface area contributed by atoms with E-state index in [4.69, 9.17) is 11.6 Å². The second-order valence-corrected chi connectivity index (χ2v) is 7.85. The maximum Gasteiger partial charge on any atom is 0.266 e. The van der Waals surface area contributed by atoms with Gasteiger partial charge in [0, 0.05) is 7.05 Å². The van der Waals surface area contributed by atoms with Gasteiger partial charge in [-0.3, -0.25) is 0 Å². The van der Waals surface area contributed by atoms with Gasteiger partial charge >= 0.3 is 0 Å². The molecule has 0 saturated heterocycles. The van der Waals surface area contributed by atoms with Crippen LogP contribution in [-0.2, 0) is 10.0 Å². The predicted molar refractivity (Wildman–Crippen MR) is 92.0 cm³/mol. The van der Waals surface area contributed by atoms with Crippen LogP contribution < -0.4 is 4.31 Å². The largest absolute Gasteiger partial charge is 0.266 e. The molecule has 24 heavy (non-hydrogen) atoms. The molecule has 0 aliphatic heterocycles. The zero-order valence-corrected chi connectivity index (χ0v) is 15.2. The van der Waals surface area contributed by atoms with E-state index in [-0.39, 0.29) is 10.8 Å². The number of halogens is 1. The summed E-state index contributed by atoms with van der Waals surface area (Å²) in [5, 5.41) is 4.70. The molecular formula is C15H16ClN5O2S. The van der Waals surface area contributed by atoms with E-state index in [0.29, 0.717) is 22.2 Å². The number of rotatable bonds is 3. The van der Waals surface area contributed by atoms with E-state index < -0.39 is 10.0 Å². The molecular weight excluding hydrogens is 350 g/mol. The highest BCUT2D eigenvalue weighted by atomic mass is 35.5. The SMILES string of the molecule is Cc1ccc(S(=O)(=O)N(C)c2nc3nc(C)c(Cl)c(C)n3n2)cc1. The minimum absolute atomic E-state index is 0.0350. The maximum absolute atomic E-state index is 12.7. The Bertz CT molecular complexity index is 1030. The van der Waals surface area contributed by atoms with E-state index in [0.717, 1.165) is 9.87 Å². The summed E-state index contributed by atoms with van der Waals surface area (Å²) in [5.74, 6) is 0.336. The molecule has 3 aromatic rings. The number of hydrogen-bond acceptors (Lipinski definition) is 5. The van der Waals surface area contributed by atoms with Gasteiger partial charge in [-0.1, -0.05) is 29.3 Å². The Morgan fingerprint density at radius 1 is 1.08 bits per heavy atom. The molecule has 0 atom stereocenters. The normalized spacial score (nSPS) is 11.9. The first-order chi connectivity index (χ1) is 11.2. The summed E-state index contributed by atoms with van der Waals surface area (Å²) in [6, 6.07) is 6.60. The van der Waals surface area contributed by atoms with Crippen LogP contribution in [0.4, 0.5) is 5.95 Å². The fraction of sp³-hybridized carbons (Fsp3) is 0.267. The average molecular weight is 366 g/mol. The molecule has 0 fully saturated rings. The van der Waals surface area contributed by atoms with Crippen LogP contribution >= 0.6 is 11.6 Å². The van der Waals surface area contributed by atoms with Gasteiger partial charge in [0.2, 0.25) is 0 Å². The second kappa shape index (κ2) is 5.71. The molecule has 3 rings (SSSR count). The number of anilines is 1. The van der Waals surface area contributed by atoms with Crippen LogP contribution in [0.2, 0.25) is 5.02 Å². The topological polar surface area (TPSA) is 80.5 Å². The summed E-state index contributed by atoms with van der Waals surface area (Å²) < 4.78 is 27.9. The van der Waals surface area contributed by atoms with Crippen LogP contribution in [-0.4, -0.2) is 35.0 Å². The van der Waals surface area contributed by atoms with Gasteiger partial charge in [-0.2, -0.15) is 9.50 Å². The first-order valence-electron chi connectivity index (χ1n) is 7.17. The van der Waals surface area contributed by atoms with Crippen molar-refractivity contribution in [3.8, 4) is 0 Å². The van der Waals surface area contributed by atoms with Crippen LogP contribution in [0, 0.1) is 20.8 Å². The first-order valence-corrected chi connectivity index (χ1v) is 8.98. The number of fused-ring (bicyclic) bond motifs is 1. The summed E-state index contributed by atoms with van der Waals surface area (Å²) in [7, 11) is -2.34. The quantitative estimate of drug-likeness (QED) is 0.712. The fourth-order valence-electron chi connectivity index (χ4n) is 2.25. The number of benzene rings is 1. The van der Waals surface area contributed by atoms with Crippen molar-refractivity contribution < 1.29 is 8.42 Å². The second-order valence-electron chi connectivity index (χ2n) is 5.51. The number of sulfonamides is 1. The lowest BCUT2D eigenvalue weighted by Gasteiger charge is -2.15. The molecule has 0 saturated carbocycles. The smallest absolute Gasteiger partial charge is 0.235 e. The van der Waals surface area contributed by atoms with E-state index in [9.17, 15) is 8.42 Å². The number of aromatic nitrogens is 4. The van der Waals surface area contributed by atoms with Crippen molar-refractivity contribution in [1.82, 2.24) is 19.6 Å². The Kier molecular flexibility index (Phi) is 3.97. The fourth-order valence-corrected chi connectivity index (χ4v) is 3.46. The van der Waals surface area contributed by atoms with Crippen molar-refractivity contribution in [3.63, 3.8) is 0 Å². The number of aryl methyl sites for hydroxylation is 3. The monoisotopic (exact) mass is 365 g/mol. The van der Waals surface area contributed by atoms with Gasteiger partial charge in [0.25, 0.3) is 21.7 Å². The Morgan fingerprint density at radius 2 is 1.71 bits per heavy atom. The number of nitrogens with zero attached hydrogens (tertiary/aromatic N) is 5. The Hall–Kier alpha value is -2.19. The molecule has 0 aliphatic rings. The van der Waals surface area contributed by atoms with E-state index in [1.807, 2.05) is 6.92 Å². The molecule has 0 amide bonds. The lowest BCUT2D eigenvalue weighted by molar-refractivity contribution is 0.593. The summed E-state index contributed by atoms with van der Waals surface area (Å²) in [5.41, 5.74) is 2.25. The van der Waals surface area contributed by atoms with Gasteiger partial charge in [0.05, 0.1) is 21.3 Å². The Balaban J connectivity index is 2.09. The van der Waals surface area contributed by atoms with Crippen LogP contribution in [0.3, 0.4) is 0 Å². The molecule has 0 spiro atoms. The van der Waals surface area contributed by atoms with Crippen LogP contribution in [0.5, 0.6) is 0 Å². The molecule has 0 bridgehead atoms. The van der Waals surface area contributed by atoms with Crippen LogP contribution in [0.25, 0.3) is 5.78 Å². The van der Waals surface area contributed by atoms with Crippen molar-refractivity contribution in [1.29, 1.82) is 0 Å². The standard InChI is InChI=1S/C15H16ClN5O2S/c1-9-5-7-12(8-6-9)24(22,23)20(4)15-18-14-17-10(2)13(16)11(3)21(14)19-15/h5-8H,1-4H3. The molecule has 0 radical (unpaired) electrons. The third kappa shape index (κ3) is 2.61. The van der Waals surface area contributed by atoms with Gasteiger partial charge in [-0.15, -0.1) is 5.10 Å². The zero-order valence-electron chi connectivity index (χ0n) is 13.6.